The van der Waals surface area contributed by atoms with E-state index >= 15 is 0 Å². The summed E-state index contributed by atoms with van der Waals surface area (Å²) in [5.41, 5.74) is 3.15. The zero-order chi connectivity index (χ0) is 15.1. The molecule has 0 aliphatic carbocycles. The van der Waals surface area contributed by atoms with Crippen LogP contribution in [0.1, 0.15) is 11.1 Å². The number of benzene rings is 2. The van der Waals surface area contributed by atoms with Gasteiger partial charge in [-0.3, -0.25) is 9.59 Å². The smallest absolute Gasteiger partial charge is 0.323 e. The van der Waals surface area contributed by atoms with Gasteiger partial charge in [-0.05, 0) is 43.2 Å². The van der Waals surface area contributed by atoms with Crippen molar-refractivity contribution in [1.82, 2.24) is 4.57 Å². The summed E-state index contributed by atoms with van der Waals surface area (Å²) in [6.07, 6.45) is 0. The number of pyridine rings is 1. The van der Waals surface area contributed by atoms with Gasteiger partial charge in [0.2, 0.25) is 0 Å². The number of aromatic nitrogens is 1. The zero-order valence-electron chi connectivity index (χ0n) is 11.9. The van der Waals surface area contributed by atoms with Crippen molar-refractivity contribution in [2.45, 2.75) is 20.4 Å². The first kappa shape index (κ1) is 13.4. The number of carboxylic acid groups (broad SMARTS) is 1. The van der Waals surface area contributed by atoms with Crippen LogP contribution in [0, 0.1) is 13.8 Å². The lowest BCUT2D eigenvalue weighted by atomic mass is 10.0. The lowest BCUT2D eigenvalue weighted by Gasteiger charge is -2.14. The van der Waals surface area contributed by atoms with Crippen LogP contribution in [0.3, 0.4) is 0 Å². The van der Waals surface area contributed by atoms with Crippen molar-refractivity contribution in [3.8, 4) is 0 Å². The first-order valence-corrected chi connectivity index (χ1v) is 6.73. The predicted octanol–water partition coefficient (Wildman–Crippen LogP) is 2.86. The first-order chi connectivity index (χ1) is 9.99. The van der Waals surface area contributed by atoms with Gasteiger partial charge in [-0.1, -0.05) is 18.2 Å². The fraction of sp³-hybridized carbons (Fsp3) is 0.176. The quantitative estimate of drug-likeness (QED) is 0.735. The van der Waals surface area contributed by atoms with E-state index in [4.69, 9.17) is 0 Å². The molecule has 0 fully saturated rings. The van der Waals surface area contributed by atoms with Gasteiger partial charge in [-0.25, -0.2) is 0 Å². The van der Waals surface area contributed by atoms with Crippen LogP contribution in [-0.4, -0.2) is 15.6 Å². The summed E-state index contributed by atoms with van der Waals surface area (Å²) in [5.74, 6) is -0.927. The minimum absolute atomic E-state index is 0.0419. The van der Waals surface area contributed by atoms with Gasteiger partial charge < -0.3 is 9.67 Å². The van der Waals surface area contributed by atoms with E-state index in [1.807, 2.05) is 38.1 Å². The molecule has 0 radical (unpaired) electrons. The molecule has 1 N–H and O–H groups in total. The summed E-state index contributed by atoms with van der Waals surface area (Å²) in [6, 6.07) is 11.0. The normalized spacial score (nSPS) is 11.1. The third-order valence-corrected chi connectivity index (χ3v) is 3.75. The molecular weight excluding hydrogens is 266 g/mol. The van der Waals surface area contributed by atoms with Crippen LogP contribution in [0.5, 0.6) is 0 Å². The fourth-order valence-electron chi connectivity index (χ4n) is 2.80. The van der Waals surface area contributed by atoms with Gasteiger partial charge in [0, 0.05) is 10.8 Å². The van der Waals surface area contributed by atoms with Crippen LogP contribution in [0.15, 0.2) is 41.2 Å². The molecule has 4 heteroatoms. The molecule has 0 aliphatic heterocycles. The lowest BCUT2D eigenvalue weighted by molar-refractivity contribution is -0.137. The Kier molecular flexibility index (Phi) is 3.01. The SMILES string of the molecule is Cc1ccc2c(=O)c3c(C)cccc3n(CC(=O)O)c2c1. The highest BCUT2D eigenvalue weighted by Crippen LogP contribution is 2.22. The molecule has 3 rings (SSSR count). The number of aliphatic carboxylic acids is 1. The molecule has 3 aromatic rings. The number of rotatable bonds is 2. The van der Waals surface area contributed by atoms with E-state index in [0.717, 1.165) is 11.1 Å². The molecular formula is C17H15NO3. The van der Waals surface area contributed by atoms with E-state index in [1.54, 1.807) is 16.7 Å². The third-order valence-electron chi connectivity index (χ3n) is 3.75. The van der Waals surface area contributed by atoms with Crippen molar-refractivity contribution in [2.75, 3.05) is 0 Å². The highest BCUT2D eigenvalue weighted by Gasteiger charge is 2.14. The van der Waals surface area contributed by atoms with Gasteiger partial charge in [-0.2, -0.15) is 0 Å². The summed E-state index contributed by atoms with van der Waals surface area (Å²) in [6.45, 7) is 3.63. The number of carboxylic acids is 1. The molecule has 106 valence electrons. The van der Waals surface area contributed by atoms with Gasteiger partial charge in [0.15, 0.2) is 5.43 Å². The molecule has 21 heavy (non-hydrogen) atoms. The standard InChI is InChI=1S/C17H15NO3/c1-10-6-7-12-14(8-10)18(9-15(19)20)13-5-3-4-11(2)16(13)17(12)21/h3-8H,9H2,1-2H3,(H,19,20). The van der Waals surface area contributed by atoms with Crippen LogP contribution in [0.2, 0.25) is 0 Å². The van der Waals surface area contributed by atoms with Crippen LogP contribution < -0.4 is 5.43 Å². The summed E-state index contributed by atoms with van der Waals surface area (Å²) in [4.78, 5) is 23.9. The maximum absolute atomic E-state index is 12.7. The minimum Gasteiger partial charge on any atom is -0.480 e. The number of carbonyl (C=O) groups is 1. The second-order valence-electron chi connectivity index (χ2n) is 5.30. The molecule has 4 nitrogen and oxygen atoms in total. The molecule has 0 amide bonds. The number of nitrogens with zero attached hydrogens (tertiary/aromatic N) is 1. The Balaban J connectivity index is 2.61. The minimum atomic E-state index is -0.927. The Morgan fingerprint density at radius 3 is 2.62 bits per heavy atom. The van der Waals surface area contributed by atoms with Crippen LogP contribution in [0.25, 0.3) is 21.8 Å². The van der Waals surface area contributed by atoms with Crippen molar-refractivity contribution in [1.29, 1.82) is 0 Å². The Morgan fingerprint density at radius 2 is 1.90 bits per heavy atom. The molecule has 2 aromatic carbocycles. The monoisotopic (exact) mass is 281 g/mol. The molecule has 0 bridgehead atoms. The number of aryl methyl sites for hydroxylation is 2. The van der Waals surface area contributed by atoms with E-state index in [9.17, 15) is 14.7 Å². The Labute approximate surface area is 121 Å². The Morgan fingerprint density at radius 1 is 1.14 bits per heavy atom. The third kappa shape index (κ3) is 2.09. The van der Waals surface area contributed by atoms with Gasteiger partial charge >= 0.3 is 5.97 Å². The summed E-state index contributed by atoms with van der Waals surface area (Å²) in [7, 11) is 0. The van der Waals surface area contributed by atoms with Crippen molar-refractivity contribution >= 4 is 27.8 Å². The van der Waals surface area contributed by atoms with E-state index in [0.29, 0.717) is 21.8 Å². The fourth-order valence-corrected chi connectivity index (χ4v) is 2.80. The van der Waals surface area contributed by atoms with Crippen molar-refractivity contribution in [3.63, 3.8) is 0 Å². The molecule has 0 spiro atoms. The molecule has 1 aromatic heterocycles. The summed E-state index contributed by atoms with van der Waals surface area (Å²) >= 11 is 0. The molecule has 0 aliphatic rings. The maximum Gasteiger partial charge on any atom is 0.323 e. The van der Waals surface area contributed by atoms with E-state index in [-0.39, 0.29) is 12.0 Å². The van der Waals surface area contributed by atoms with Crippen LogP contribution in [0.4, 0.5) is 0 Å². The summed E-state index contributed by atoms with van der Waals surface area (Å²) < 4.78 is 1.70. The summed E-state index contributed by atoms with van der Waals surface area (Å²) in [5, 5.41) is 10.3. The Hall–Kier alpha value is -2.62. The average Bonchev–Trinajstić information content (AvgIpc) is 2.42. The van der Waals surface area contributed by atoms with Gasteiger partial charge in [-0.15, -0.1) is 0 Å². The van der Waals surface area contributed by atoms with Gasteiger partial charge in [0.25, 0.3) is 0 Å². The average molecular weight is 281 g/mol. The molecule has 0 atom stereocenters. The second-order valence-corrected chi connectivity index (χ2v) is 5.30. The number of hydrogen-bond donors (Lipinski definition) is 1. The molecule has 0 saturated heterocycles. The van der Waals surface area contributed by atoms with E-state index < -0.39 is 5.97 Å². The van der Waals surface area contributed by atoms with Gasteiger partial charge in [0.1, 0.15) is 6.54 Å². The van der Waals surface area contributed by atoms with E-state index in [2.05, 4.69) is 0 Å². The number of fused-ring (bicyclic) bond motifs is 2. The number of hydrogen-bond acceptors (Lipinski definition) is 2. The van der Waals surface area contributed by atoms with Crippen molar-refractivity contribution < 1.29 is 9.90 Å². The maximum atomic E-state index is 12.7. The Bertz CT molecular complexity index is 934. The zero-order valence-corrected chi connectivity index (χ0v) is 11.9. The van der Waals surface area contributed by atoms with Crippen LogP contribution in [-0.2, 0) is 11.3 Å². The van der Waals surface area contributed by atoms with Crippen molar-refractivity contribution in [3.05, 3.63) is 57.7 Å². The van der Waals surface area contributed by atoms with Crippen molar-refractivity contribution in [2.24, 2.45) is 0 Å². The lowest BCUT2D eigenvalue weighted by Crippen LogP contribution is -2.16. The first-order valence-electron chi connectivity index (χ1n) is 6.73. The second kappa shape index (κ2) is 4.74. The highest BCUT2D eigenvalue weighted by atomic mass is 16.4. The largest absolute Gasteiger partial charge is 0.480 e. The molecule has 0 unspecified atom stereocenters. The predicted molar refractivity (Wildman–Crippen MR) is 82.8 cm³/mol. The highest BCUT2D eigenvalue weighted by molar-refractivity contribution is 5.96. The van der Waals surface area contributed by atoms with E-state index in [1.165, 1.54) is 0 Å². The van der Waals surface area contributed by atoms with Crippen LogP contribution >= 0.6 is 0 Å². The molecule has 1 heterocycles. The van der Waals surface area contributed by atoms with Gasteiger partial charge in [0.05, 0.1) is 11.0 Å². The molecule has 0 saturated carbocycles. The topological polar surface area (TPSA) is 59.3 Å².